The van der Waals surface area contributed by atoms with Crippen molar-refractivity contribution in [2.45, 2.75) is 26.3 Å². The molecule has 0 spiro atoms. The summed E-state index contributed by atoms with van der Waals surface area (Å²) in [5, 5.41) is 9.65. The molecular formula is C11H15N5O3. The Morgan fingerprint density at radius 3 is 2.74 bits per heavy atom. The first-order valence-corrected chi connectivity index (χ1v) is 6.13. The first-order chi connectivity index (χ1) is 9.13. The second kappa shape index (κ2) is 5.59. The van der Waals surface area contributed by atoms with Gasteiger partial charge in [-0.15, -0.1) is 5.10 Å². The highest BCUT2D eigenvalue weighted by molar-refractivity contribution is 6.16. The molecule has 1 aliphatic rings. The van der Waals surface area contributed by atoms with Crippen molar-refractivity contribution in [3.63, 3.8) is 0 Å². The van der Waals surface area contributed by atoms with E-state index in [1.807, 2.05) is 0 Å². The Morgan fingerprint density at radius 2 is 2.11 bits per heavy atom. The maximum atomic E-state index is 12.0. The van der Waals surface area contributed by atoms with Gasteiger partial charge in [-0.05, 0) is 12.8 Å². The zero-order valence-corrected chi connectivity index (χ0v) is 10.6. The highest BCUT2D eigenvalue weighted by Gasteiger charge is 2.38. The summed E-state index contributed by atoms with van der Waals surface area (Å²) < 4.78 is 1.62. The smallest absolute Gasteiger partial charge is 0.277 e. The Bertz CT molecular complexity index is 485. The van der Waals surface area contributed by atoms with Gasteiger partial charge in [0.05, 0.1) is 6.20 Å². The van der Waals surface area contributed by atoms with Gasteiger partial charge in [0.1, 0.15) is 5.92 Å². The lowest BCUT2D eigenvalue weighted by Gasteiger charge is -2.29. The van der Waals surface area contributed by atoms with Crippen molar-refractivity contribution >= 4 is 17.8 Å². The fourth-order valence-electron chi connectivity index (χ4n) is 1.97. The molecule has 1 aliphatic heterocycles. The van der Waals surface area contributed by atoms with Gasteiger partial charge in [0, 0.05) is 19.3 Å². The first kappa shape index (κ1) is 13.2. The van der Waals surface area contributed by atoms with Crippen molar-refractivity contribution in [2.75, 3.05) is 6.54 Å². The van der Waals surface area contributed by atoms with E-state index in [2.05, 4.69) is 15.6 Å². The number of nitrogens with zero attached hydrogens (tertiary/aromatic N) is 4. The van der Waals surface area contributed by atoms with Crippen LogP contribution in [0.25, 0.3) is 0 Å². The minimum Gasteiger partial charge on any atom is -0.277 e. The van der Waals surface area contributed by atoms with Crippen LogP contribution in [0, 0.1) is 5.92 Å². The Hall–Kier alpha value is -2.25. The van der Waals surface area contributed by atoms with Crippen molar-refractivity contribution in [1.82, 2.24) is 25.2 Å². The lowest BCUT2D eigenvalue weighted by atomic mass is 10.0. The maximum absolute atomic E-state index is 12.0. The molecule has 2 heterocycles. The molecule has 1 aromatic rings. The van der Waals surface area contributed by atoms with E-state index in [0.29, 0.717) is 19.4 Å². The summed E-state index contributed by atoms with van der Waals surface area (Å²) in [5.74, 6) is -1.69. The van der Waals surface area contributed by atoms with Crippen molar-refractivity contribution in [1.29, 1.82) is 0 Å². The van der Waals surface area contributed by atoms with Crippen molar-refractivity contribution in [2.24, 2.45) is 5.92 Å². The van der Waals surface area contributed by atoms with E-state index in [1.165, 1.54) is 0 Å². The molecule has 1 fully saturated rings. The third-order valence-electron chi connectivity index (χ3n) is 3.01. The lowest BCUT2D eigenvalue weighted by molar-refractivity contribution is -0.142. The van der Waals surface area contributed by atoms with Crippen molar-refractivity contribution in [3.05, 3.63) is 12.4 Å². The zero-order valence-electron chi connectivity index (χ0n) is 10.6. The van der Waals surface area contributed by atoms with Gasteiger partial charge in [0.15, 0.2) is 0 Å². The summed E-state index contributed by atoms with van der Waals surface area (Å²) in [4.78, 5) is 36.1. The van der Waals surface area contributed by atoms with Crippen LogP contribution >= 0.6 is 0 Å². The quantitative estimate of drug-likeness (QED) is 0.742. The van der Waals surface area contributed by atoms with Crippen LogP contribution in [-0.4, -0.2) is 44.3 Å². The summed E-state index contributed by atoms with van der Waals surface area (Å²) in [6.07, 6.45) is 4.21. The molecule has 0 saturated carbocycles. The van der Waals surface area contributed by atoms with Gasteiger partial charge < -0.3 is 0 Å². The predicted molar refractivity (Wildman–Crippen MR) is 63.7 cm³/mol. The van der Waals surface area contributed by atoms with Gasteiger partial charge in [-0.2, -0.15) is 0 Å². The van der Waals surface area contributed by atoms with Crippen molar-refractivity contribution < 1.29 is 14.4 Å². The molecule has 0 bridgehead atoms. The van der Waals surface area contributed by atoms with Gasteiger partial charge in [-0.25, -0.2) is 4.79 Å². The third kappa shape index (κ3) is 2.78. The second-order valence-corrected chi connectivity index (χ2v) is 4.26. The van der Waals surface area contributed by atoms with Gasteiger partial charge in [0.25, 0.3) is 0 Å². The Labute approximate surface area is 109 Å². The Kier molecular flexibility index (Phi) is 3.88. The molecule has 4 amide bonds. The minimum atomic E-state index is -0.760. The Morgan fingerprint density at radius 1 is 1.32 bits per heavy atom. The molecular weight excluding hydrogens is 250 g/mol. The van der Waals surface area contributed by atoms with Gasteiger partial charge in [0.2, 0.25) is 11.8 Å². The SMILES string of the molecule is CCC1C(=O)NC(=O)N(CCCn2ccnn2)C1=O. The minimum absolute atomic E-state index is 0.258. The molecule has 8 nitrogen and oxygen atoms in total. The number of urea groups is 1. The number of nitrogens with one attached hydrogen (secondary N) is 1. The van der Waals surface area contributed by atoms with Crippen LogP contribution in [0.4, 0.5) is 4.79 Å². The maximum Gasteiger partial charge on any atom is 0.330 e. The van der Waals surface area contributed by atoms with Crippen LogP contribution in [0.15, 0.2) is 12.4 Å². The zero-order chi connectivity index (χ0) is 13.8. The summed E-state index contributed by atoms with van der Waals surface area (Å²) in [7, 11) is 0. The highest BCUT2D eigenvalue weighted by Crippen LogP contribution is 2.14. The fraction of sp³-hybridized carbons (Fsp3) is 0.545. The fourth-order valence-corrected chi connectivity index (χ4v) is 1.97. The molecule has 19 heavy (non-hydrogen) atoms. The van der Waals surface area contributed by atoms with E-state index in [1.54, 1.807) is 24.0 Å². The summed E-state index contributed by atoms with van der Waals surface area (Å²) in [6, 6.07) is -0.640. The molecule has 102 valence electrons. The molecule has 2 rings (SSSR count). The topological polar surface area (TPSA) is 97.2 Å². The summed E-state index contributed by atoms with van der Waals surface area (Å²) >= 11 is 0. The lowest BCUT2D eigenvalue weighted by Crippen LogP contribution is -2.57. The van der Waals surface area contributed by atoms with E-state index in [9.17, 15) is 14.4 Å². The molecule has 0 aliphatic carbocycles. The van der Waals surface area contributed by atoms with E-state index in [4.69, 9.17) is 0 Å². The van der Waals surface area contributed by atoms with Gasteiger partial charge in [-0.3, -0.25) is 24.5 Å². The van der Waals surface area contributed by atoms with Crippen LogP contribution in [0.3, 0.4) is 0 Å². The molecule has 8 heteroatoms. The number of aryl methyl sites for hydroxylation is 1. The Balaban J connectivity index is 1.92. The van der Waals surface area contributed by atoms with Gasteiger partial charge in [-0.1, -0.05) is 12.1 Å². The molecule has 0 aromatic carbocycles. The standard InChI is InChI=1S/C11H15N5O3/c1-2-8-9(17)13-11(19)16(10(8)18)6-3-5-15-7-4-12-14-15/h4,7-8H,2-3,5-6H2,1H3,(H,13,17,19). The number of aromatic nitrogens is 3. The molecule has 1 unspecified atom stereocenters. The average Bonchev–Trinajstić information content (AvgIpc) is 2.86. The second-order valence-electron chi connectivity index (χ2n) is 4.26. The van der Waals surface area contributed by atoms with Crippen LogP contribution in [0.2, 0.25) is 0 Å². The molecule has 1 aromatic heterocycles. The number of rotatable bonds is 5. The predicted octanol–water partition coefficient (Wildman–Crippen LogP) is -0.227. The number of amides is 4. The van der Waals surface area contributed by atoms with E-state index < -0.39 is 23.8 Å². The largest absolute Gasteiger partial charge is 0.330 e. The first-order valence-electron chi connectivity index (χ1n) is 6.13. The van der Waals surface area contributed by atoms with Crippen LogP contribution < -0.4 is 5.32 Å². The monoisotopic (exact) mass is 265 g/mol. The average molecular weight is 265 g/mol. The molecule has 1 N–H and O–H groups in total. The van der Waals surface area contributed by atoms with Crippen LogP contribution in [0.1, 0.15) is 19.8 Å². The number of carbonyl (C=O) groups is 3. The van der Waals surface area contributed by atoms with E-state index >= 15 is 0 Å². The van der Waals surface area contributed by atoms with Crippen molar-refractivity contribution in [3.8, 4) is 0 Å². The molecule has 1 saturated heterocycles. The normalized spacial score (nSPS) is 19.7. The van der Waals surface area contributed by atoms with Crippen LogP contribution in [0.5, 0.6) is 0 Å². The number of hydrogen-bond donors (Lipinski definition) is 1. The highest BCUT2D eigenvalue weighted by atomic mass is 16.2. The molecule has 0 radical (unpaired) electrons. The van der Waals surface area contributed by atoms with E-state index in [0.717, 1.165) is 4.90 Å². The summed E-state index contributed by atoms with van der Waals surface area (Å²) in [5.41, 5.74) is 0. The molecule has 1 atom stereocenters. The number of hydrogen-bond acceptors (Lipinski definition) is 5. The number of barbiturate groups is 1. The summed E-state index contributed by atoms with van der Waals surface area (Å²) in [6.45, 7) is 2.56. The van der Waals surface area contributed by atoms with Gasteiger partial charge >= 0.3 is 6.03 Å². The number of carbonyl (C=O) groups excluding carboxylic acids is 3. The van der Waals surface area contributed by atoms with Crippen LogP contribution in [-0.2, 0) is 16.1 Å². The third-order valence-corrected chi connectivity index (χ3v) is 3.01. The van der Waals surface area contributed by atoms with E-state index in [-0.39, 0.29) is 6.54 Å². The number of imide groups is 2.